The van der Waals surface area contributed by atoms with Crippen molar-refractivity contribution in [1.82, 2.24) is 0 Å². The molecule has 2 nitrogen and oxygen atoms in total. The third-order valence-corrected chi connectivity index (χ3v) is 14.9. The van der Waals surface area contributed by atoms with E-state index in [9.17, 15) is 0 Å². The number of fused-ring (bicyclic) bond motifs is 9. The van der Waals surface area contributed by atoms with Crippen LogP contribution in [0.2, 0.25) is 0 Å². The van der Waals surface area contributed by atoms with Gasteiger partial charge in [-0.05, 0) is 150 Å². The fraction of sp³-hybridized carbons (Fsp3) is 0.0294. The van der Waals surface area contributed by atoms with E-state index >= 15 is 0 Å². The van der Waals surface area contributed by atoms with Crippen LogP contribution < -0.4 is 9.80 Å². The topological polar surface area (TPSA) is 6.48 Å². The Labute approximate surface area is 409 Å². The highest BCUT2D eigenvalue weighted by atomic mass is 15.2. The molecular weight excluding hydrogens is 845 g/mol. The number of hydrogen-bond acceptors (Lipinski definition) is 2. The molecule has 0 N–H and O–H groups in total. The summed E-state index contributed by atoms with van der Waals surface area (Å²) in [4.78, 5) is 5.07. The fourth-order valence-corrected chi connectivity index (χ4v) is 11.6. The largest absolute Gasteiger partial charge is 0.310 e. The minimum absolute atomic E-state index is 0.266. The van der Waals surface area contributed by atoms with E-state index in [0.29, 0.717) is 0 Å². The van der Waals surface area contributed by atoms with Crippen LogP contribution in [0.5, 0.6) is 0 Å². The van der Waals surface area contributed by atoms with Crippen LogP contribution in [0, 0.1) is 5.92 Å². The normalized spacial score (nSPS) is 15.6. The van der Waals surface area contributed by atoms with Crippen molar-refractivity contribution in [2.45, 2.75) is 5.41 Å². The molecule has 10 aromatic rings. The number of anilines is 5. The molecule has 0 saturated carbocycles. The number of allylic oxidation sites excluding steroid dienone is 5. The van der Waals surface area contributed by atoms with E-state index in [1.54, 1.807) is 0 Å². The van der Waals surface area contributed by atoms with Crippen LogP contribution in [0.15, 0.2) is 290 Å². The van der Waals surface area contributed by atoms with Gasteiger partial charge in [-0.2, -0.15) is 0 Å². The molecule has 4 aliphatic rings. The maximum absolute atomic E-state index is 2.54. The van der Waals surface area contributed by atoms with Crippen molar-refractivity contribution in [2.75, 3.05) is 9.80 Å². The highest BCUT2D eigenvalue weighted by molar-refractivity contribution is 5.98. The minimum atomic E-state index is -0.748. The van der Waals surface area contributed by atoms with Crippen molar-refractivity contribution in [3.8, 4) is 55.6 Å². The standard InChI is InChI=1S/C68H46N2/c1-6-16-46(17-7-1)51-26-34-57(35-27-51)69-63-38-30-53(48-20-10-3-11-21-48)43-60(63)68(61-44-54(31-39-64(61)69)49-22-12-4-13-23-49)62-45-55(50-24-14-5-15-25-50)32-40-65(62)70(66-41-33-56-42-59(56)67(66)68)58-36-28-52(29-37-58)47-18-8-2-9-19-47/h1-45,56H. The summed E-state index contributed by atoms with van der Waals surface area (Å²) in [5.41, 5.74) is 24.7. The first-order valence-corrected chi connectivity index (χ1v) is 24.4. The van der Waals surface area contributed by atoms with Gasteiger partial charge in [0.05, 0.1) is 28.2 Å². The van der Waals surface area contributed by atoms with Crippen molar-refractivity contribution >= 4 is 28.4 Å². The molecule has 0 saturated heterocycles. The zero-order chi connectivity index (χ0) is 46.2. The molecule has 10 aromatic carbocycles. The second-order valence-corrected chi connectivity index (χ2v) is 18.8. The monoisotopic (exact) mass is 890 g/mol. The van der Waals surface area contributed by atoms with Gasteiger partial charge >= 0.3 is 0 Å². The molecular formula is C68H46N2. The minimum Gasteiger partial charge on any atom is -0.310 e. The van der Waals surface area contributed by atoms with E-state index in [1.165, 1.54) is 106 Å². The summed E-state index contributed by atoms with van der Waals surface area (Å²) in [5, 5.41) is 0. The highest BCUT2D eigenvalue weighted by Gasteiger charge is 2.56. The van der Waals surface area contributed by atoms with Gasteiger partial charge in [0.15, 0.2) is 0 Å². The first-order chi connectivity index (χ1) is 34.7. The molecule has 1 spiro atoms. The number of nitrogens with zero attached hydrogens (tertiary/aromatic N) is 2. The summed E-state index contributed by atoms with van der Waals surface area (Å²) in [6, 6.07) is 94.2. The summed E-state index contributed by atoms with van der Waals surface area (Å²) in [5.74, 6) is 0.266. The Balaban J connectivity index is 1.10. The van der Waals surface area contributed by atoms with E-state index in [0.717, 1.165) is 11.4 Å². The quantitative estimate of drug-likeness (QED) is 0.157. The van der Waals surface area contributed by atoms with Gasteiger partial charge in [-0.3, -0.25) is 0 Å². The van der Waals surface area contributed by atoms with E-state index < -0.39 is 5.41 Å². The highest BCUT2D eigenvalue weighted by Crippen LogP contribution is 2.67. The first kappa shape index (κ1) is 40.1. The zero-order valence-electron chi connectivity index (χ0n) is 38.5. The van der Waals surface area contributed by atoms with Gasteiger partial charge in [-0.1, -0.05) is 206 Å². The molecule has 2 heterocycles. The van der Waals surface area contributed by atoms with Gasteiger partial charge in [0.25, 0.3) is 0 Å². The zero-order valence-corrected chi connectivity index (χ0v) is 38.5. The fourth-order valence-electron chi connectivity index (χ4n) is 11.6. The average Bonchev–Trinajstić information content (AvgIpc) is 4.25. The Hall–Kier alpha value is -8.98. The lowest BCUT2D eigenvalue weighted by Gasteiger charge is -2.52. The maximum atomic E-state index is 2.54. The predicted molar refractivity (Wildman–Crippen MR) is 291 cm³/mol. The molecule has 0 fully saturated rings. The summed E-state index contributed by atoms with van der Waals surface area (Å²) in [6.07, 6.45) is 7.31. The Morgan fingerprint density at radius 3 is 1.00 bits per heavy atom. The van der Waals surface area contributed by atoms with E-state index in [1.807, 2.05) is 0 Å². The van der Waals surface area contributed by atoms with Crippen molar-refractivity contribution in [2.24, 2.45) is 5.92 Å². The van der Waals surface area contributed by atoms with E-state index in [-0.39, 0.29) is 5.92 Å². The lowest BCUT2D eigenvalue weighted by atomic mass is 9.57. The van der Waals surface area contributed by atoms with Crippen LogP contribution in [-0.4, -0.2) is 0 Å². The van der Waals surface area contributed by atoms with Gasteiger partial charge in [0.2, 0.25) is 0 Å². The van der Waals surface area contributed by atoms with Gasteiger partial charge in [0, 0.05) is 17.3 Å². The maximum Gasteiger partial charge on any atom is 0.0786 e. The van der Waals surface area contributed by atoms with Gasteiger partial charge in [-0.25, -0.2) is 0 Å². The van der Waals surface area contributed by atoms with Crippen molar-refractivity contribution in [3.63, 3.8) is 0 Å². The van der Waals surface area contributed by atoms with Gasteiger partial charge in [-0.15, -0.1) is 0 Å². The summed E-state index contributed by atoms with van der Waals surface area (Å²) in [6.45, 7) is 0. The summed E-state index contributed by atoms with van der Waals surface area (Å²) < 4.78 is 0. The molecule has 2 heteroatoms. The summed E-state index contributed by atoms with van der Waals surface area (Å²) >= 11 is 0. The molecule has 0 aromatic heterocycles. The lowest BCUT2D eigenvalue weighted by molar-refractivity contribution is 0.693. The molecule has 1 atom stereocenters. The van der Waals surface area contributed by atoms with Gasteiger partial charge in [0.1, 0.15) is 0 Å². The Bertz CT molecular complexity index is 3630. The Kier molecular flexibility index (Phi) is 9.22. The number of benzene rings is 10. The molecule has 2 aliphatic carbocycles. The van der Waals surface area contributed by atoms with Crippen molar-refractivity contribution in [3.05, 3.63) is 307 Å². The van der Waals surface area contributed by atoms with Crippen LogP contribution in [0.4, 0.5) is 28.4 Å². The van der Waals surface area contributed by atoms with Crippen molar-refractivity contribution < 1.29 is 0 Å². The Morgan fingerprint density at radius 1 is 0.300 bits per heavy atom. The molecule has 1 unspecified atom stereocenters. The SMILES string of the molecule is C1=CC2C=C2C2=C1N(c1ccc(-c3ccccc3)cc1)c1ccc(-c3ccccc3)cc1C21c2cc(-c3ccccc3)ccc2N(c2ccc(-c3ccccc3)cc2)c2ccc(-c3ccccc3)cc21. The molecule has 328 valence electrons. The van der Waals surface area contributed by atoms with Crippen LogP contribution in [0.3, 0.4) is 0 Å². The predicted octanol–water partition coefficient (Wildman–Crippen LogP) is 17.7. The molecule has 14 rings (SSSR count). The number of rotatable bonds is 7. The number of hydrogen-bond donors (Lipinski definition) is 0. The van der Waals surface area contributed by atoms with E-state index in [2.05, 4.69) is 283 Å². The molecule has 0 bridgehead atoms. The average molecular weight is 891 g/mol. The lowest BCUT2D eigenvalue weighted by Crippen LogP contribution is -2.44. The second-order valence-electron chi connectivity index (χ2n) is 18.8. The summed E-state index contributed by atoms with van der Waals surface area (Å²) in [7, 11) is 0. The molecule has 0 radical (unpaired) electrons. The third-order valence-electron chi connectivity index (χ3n) is 14.9. The van der Waals surface area contributed by atoms with Gasteiger partial charge < -0.3 is 9.80 Å². The first-order valence-electron chi connectivity index (χ1n) is 24.4. The smallest absolute Gasteiger partial charge is 0.0786 e. The Morgan fingerprint density at radius 2 is 0.614 bits per heavy atom. The van der Waals surface area contributed by atoms with Crippen molar-refractivity contribution in [1.29, 1.82) is 0 Å². The van der Waals surface area contributed by atoms with Crippen LogP contribution in [0.25, 0.3) is 55.6 Å². The molecule has 70 heavy (non-hydrogen) atoms. The van der Waals surface area contributed by atoms with Crippen LogP contribution in [-0.2, 0) is 5.41 Å². The van der Waals surface area contributed by atoms with Crippen LogP contribution >= 0.6 is 0 Å². The third kappa shape index (κ3) is 6.34. The molecule has 2 aliphatic heterocycles. The van der Waals surface area contributed by atoms with Crippen LogP contribution in [0.1, 0.15) is 16.7 Å². The van der Waals surface area contributed by atoms with E-state index in [4.69, 9.17) is 0 Å². The second kappa shape index (κ2) is 16.1. The molecule has 0 amide bonds.